The molecule has 0 N–H and O–H groups in total. The summed E-state index contributed by atoms with van der Waals surface area (Å²) in [6.45, 7) is 13.8. The number of carbonyl (C=O) groups excluding carboxylic acids is 3. The van der Waals surface area contributed by atoms with Gasteiger partial charge in [0.15, 0.2) is 6.10 Å². The van der Waals surface area contributed by atoms with Crippen LogP contribution in [0.5, 0.6) is 0 Å². The van der Waals surface area contributed by atoms with Crippen LogP contribution in [0.25, 0.3) is 0 Å². The largest absolute Gasteiger partial charge is 0.462 e. The summed E-state index contributed by atoms with van der Waals surface area (Å²) in [5.74, 6) is 1.70. The van der Waals surface area contributed by atoms with Crippen LogP contribution in [0.3, 0.4) is 0 Å². The SMILES string of the molecule is CC(C)CCCCCCCCCCCCCCCCCCC(=O)OC[C@H](COC(=O)CCCCCCCCCCCCCCC(C)C)OC(=O)CCCCCCCCCCCCCCCCCCC(C)C. The molecule has 0 aliphatic carbocycles. The zero-order chi connectivity index (χ0) is 51.9. The number of rotatable bonds is 58. The minimum atomic E-state index is -0.764. The van der Waals surface area contributed by atoms with E-state index in [1.165, 1.54) is 244 Å². The number of esters is 3. The van der Waals surface area contributed by atoms with Gasteiger partial charge in [-0.15, -0.1) is 0 Å². The third kappa shape index (κ3) is 59.2. The van der Waals surface area contributed by atoms with Crippen molar-refractivity contribution in [3.63, 3.8) is 0 Å². The first-order chi connectivity index (χ1) is 34.6. The van der Waals surface area contributed by atoms with Crippen molar-refractivity contribution in [3.8, 4) is 0 Å². The highest BCUT2D eigenvalue weighted by Gasteiger charge is 2.19. The van der Waals surface area contributed by atoms with Gasteiger partial charge in [-0.1, -0.05) is 324 Å². The number of hydrogen-bond acceptors (Lipinski definition) is 6. The Labute approximate surface area is 444 Å². The Morgan fingerprint density at radius 1 is 0.239 bits per heavy atom. The molecule has 0 radical (unpaired) electrons. The van der Waals surface area contributed by atoms with Crippen LogP contribution in [0.15, 0.2) is 0 Å². The molecule has 1 atom stereocenters. The summed E-state index contributed by atoms with van der Waals surface area (Å²) in [5, 5.41) is 0. The van der Waals surface area contributed by atoms with Crippen molar-refractivity contribution in [2.45, 2.75) is 369 Å². The zero-order valence-corrected chi connectivity index (χ0v) is 49.0. The smallest absolute Gasteiger partial charge is 0.306 e. The maximum absolute atomic E-state index is 12.9. The Bertz CT molecular complexity index is 1100. The molecule has 0 aliphatic heterocycles. The summed E-state index contributed by atoms with van der Waals surface area (Å²) < 4.78 is 17.0. The maximum Gasteiger partial charge on any atom is 0.306 e. The van der Waals surface area contributed by atoms with Gasteiger partial charge in [0.1, 0.15) is 13.2 Å². The fourth-order valence-electron chi connectivity index (χ4n) is 10.1. The number of hydrogen-bond donors (Lipinski definition) is 0. The van der Waals surface area contributed by atoms with Gasteiger partial charge in [-0.25, -0.2) is 0 Å². The topological polar surface area (TPSA) is 78.9 Å². The van der Waals surface area contributed by atoms with E-state index < -0.39 is 6.10 Å². The lowest BCUT2D eigenvalue weighted by atomic mass is 10.0. The standard InChI is InChI=1S/C65H126O6/c1-59(2)51-45-39-33-27-21-15-11-7-9-13-17-24-30-36-42-48-54-63(66)69-57-62(58-70-64(67)55-49-43-37-31-25-20-19-23-29-35-41-47-53-61(5)6)71-65(68)56-50-44-38-32-26-18-14-10-8-12-16-22-28-34-40-46-52-60(3)4/h59-62H,7-58H2,1-6H3/t62-/m1/s1. The van der Waals surface area contributed by atoms with Crippen molar-refractivity contribution in [1.82, 2.24) is 0 Å². The molecule has 0 aromatic heterocycles. The van der Waals surface area contributed by atoms with E-state index in [2.05, 4.69) is 41.5 Å². The van der Waals surface area contributed by atoms with Gasteiger partial charge >= 0.3 is 17.9 Å². The van der Waals surface area contributed by atoms with Crippen LogP contribution >= 0.6 is 0 Å². The second-order valence-electron chi connectivity index (χ2n) is 23.8. The van der Waals surface area contributed by atoms with Crippen molar-refractivity contribution >= 4 is 17.9 Å². The first kappa shape index (κ1) is 69.4. The van der Waals surface area contributed by atoms with E-state index in [0.29, 0.717) is 19.3 Å². The second kappa shape index (κ2) is 56.1. The normalized spacial score (nSPS) is 12.1. The van der Waals surface area contributed by atoms with Gasteiger partial charge in [0.05, 0.1) is 0 Å². The molecule has 0 spiro atoms. The highest BCUT2D eigenvalue weighted by atomic mass is 16.6. The molecule has 6 nitrogen and oxygen atoms in total. The predicted octanol–water partition coefficient (Wildman–Crippen LogP) is 21.5. The van der Waals surface area contributed by atoms with Gasteiger partial charge in [-0.3, -0.25) is 14.4 Å². The molecule has 6 heteroatoms. The van der Waals surface area contributed by atoms with Gasteiger partial charge in [0, 0.05) is 19.3 Å². The lowest BCUT2D eigenvalue weighted by Gasteiger charge is -2.18. The average molecular weight is 1000 g/mol. The Balaban J connectivity index is 4.28. The van der Waals surface area contributed by atoms with Crippen LogP contribution in [0.4, 0.5) is 0 Å². The lowest BCUT2D eigenvalue weighted by molar-refractivity contribution is -0.167. The van der Waals surface area contributed by atoms with E-state index in [0.717, 1.165) is 75.5 Å². The molecule has 0 unspecified atom stereocenters. The maximum atomic E-state index is 12.9. The highest BCUT2D eigenvalue weighted by Crippen LogP contribution is 2.19. The van der Waals surface area contributed by atoms with E-state index in [4.69, 9.17) is 14.2 Å². The molecule has 0 amide bonds. The van der Waals surface area contributed by atoms with Crippen LogP contribution < -0.4 is 0 Å². The molecule has 422 valence electrons. The number of ether oxygens (including phenoxy) is 3. The Kier molecular flexibility index (Phi) is 54.9. The molecular formula is C65H126O6. The molecule has 0 saturated carbocycles. The zero-order valence-electron chi connectivity index (χ0n) is 49.0. The van der Waals surface area contributed by atoms with Crippen LogP contribution in [-0.2, 0) is 28.6 Å². The summed E-state index contributed by atoms with van der Waals surface area (Å²) in [6, 6.07) is 0. The summed E-state index contributed by atoms with van der Waals surface area (Å²) in [7, 11) is 0. The van der Waals surface area contributed by atoms with E-state index in [1.807, 2.05) is 0 Å². The van der Waals surface area contributed by atoms with Crippen LogP contribution in [0.1, 0.15) is 363 Å². The molecule has 0 aliphatic rings. The summed E-state index contributed by atoms with van der Waals surface area (Å²) in [5.41, 5.74) is 0. The van der Waals surface area contributed by atoms with Crippen LogP contribution in [0, 0.1) is 17.8 Å². The minimum absolute atomic E-state index is 0.0625. The quantitative estimate of drug-likeness (QED) is 0.0343. The second-order valence-corrected chi connectivity index (χ2v) is 23.8. The summed E-state index contributed by atoms with van der Waals surface area (Å²) in [4.78, 5) is 38.3. The van der Waals surface area contributed by atoms with Gasteiger partial charge in [0.25, 0.3) is 0 Å². The average Bonchev–Trinajstić information content (AvgIpc) is 3.33. The van der Waals surface area contributed by atoms with Crippen molar-refractivity contribution in [3.05, 3.63) is 0 Å². The monoisotopic (exact) mass is 1000 g/mol. The molecule has 0 fully saturated rings. The molecule has 0 bridgehead atoms. The fraction of sp³-hybridized carbons (Fsp3) is 0.954. The summed E-state index contributed by atoms with van der Waals surface area (Å²) in [6.07, 6.45) is 61.0. The minimum Gasteiger partial charge on any atom is -0.462 e. The van der Waals surface area contributed by atoms with E-state index in [9.17, 15) is 14.4 Å². The molecule has 0 rings (SSSR count). The van der Waals surface area contributed by atoms with Gasteiger partial charge in [-0.05, 0) is 37.0 Å². The Morgan fingerprint density at radius 2 is 0.408 bits per heavy atom. The van der Waals surface area contributed by atoms with Crippen molar-refractivity contribution < 1.29 is 28.6 Å². The number of carbonyl (C=O) groups is 3. The molecule has 0 aromatic carbocycles. The fourth-order valence-corrected chi connectivity index (χ4v) is 10.1. The van der Waals surface area contributed by atoms with Crippen molar-refractivity contribution in [1.29, 1.82) is 0 Å². The van der Waals surface area contributed by atoms with E-state index >= 15 is 0 Å². The van der Waals surface area contributed by atoms with Gasteiger partial charge in [0.2, 0.25) is 0 Å². The third-order valence-electron chi connectivity index (χ3n) is 14.9. The van der Waals surface area contributed by atoms with Crippen molar-refractivity contribution in [2.24, 2.45) is 17.8 Å². The molecule has 0 heterocycles. The Morgan fingerprint density at radius 3 is 0.606 bits per heavy atom. The van der Waals surface area contributed by atoms with E-state index in [1.54, 1.807) is 0 Å². The van der Waals surface area contributed by atoms with Crippen LogP contribution in [0.2, 0.25) is 0 Å². The first-order valence-corrected chi connectivity index (χ1v) is 32.1. The van der Waals surface area contributed by atoms with Crippen molar-refractivity contribution in [2.75, 3.05) is 13.2 Å². The van der Waals surface area contributed by atoms with Gasteiger partial charge < -0.3 is 14.2 Å². The third-order valence-corrected chi connectivity index (χ3v) is 14.9. The van der Waals surface area contributed by atoms with Gasteiger partial charge in [-0.2, -0.15) is 0 Å². The molecule has 71 heavy (non-hydrogen) atoms. The first-order valence-electron chi connectivity index (χ1n) is 32.1. The Hall–Kier alpha value is -1.59. The lowest BCUT2D eigenvalue weighted by Crippen LogP contribution is -2.30. The summed E-state index contributed by atoms with van der Waals surface area (Å²) >= 11 is 0. The predicted molar refractivity (Wildman–Crippen MR) is 307 cm³/mol. The van der Waals surface area contributed by atoms with E-state index in [-0.39, 0.29) is 31.1 Å². The molecular weight excluding hydrogens is 877 g/mol. The molecule has 0 aromatic rings. The highest BCUT2D eigenvalue weighted by molar-refractivity contribution is 5.71. The number of unbranched alkanes of at least 4 members (excludes halogenated alkanes) is 41. The molecule has 0 saturated heterocycles. The van der Waals surface area contributed by atoms with Crippen LogP contribution in [-0.4, -0.2) is 37.2 Å².